The smallest absolute Gasteiger partial charge is 0.231 e. The molecule has 1 aromatic carbocycles. The molecule has 0 aliphatic heterocycles. The molecular formula is C17H22N2O3S. The maximum atomic E-state index is 12.2. The topological polar surface area (TPSA) is 51.7 Å². The van der Waals surface area contributed by atoms with Crippen LogP contribution in [-0.2, 0) is 4.79 Å². The molecule has 1 aromatic heterocycles. The molecular weight excluding hydrogens is 312 g/mol. The number of hydrogen-bond acceptors (Lipinski definition) is 5. The van der Waals surface area contributed by atoms with E-state index in [-0.39, 0.29) is 11.8 Å². The van der Waals surface area contributed by atoms with Crippen LogP contribution in [0.25, 0.3) is 11.3 Å². The number of ether oxygens (including phenoxy) is 2. The zero-order valence-corrected chi connectivity index (χ0v) is 15.2. The zero-order chi connectivity index (χ0) is 17.1. The predicted molar refractivity (Wildman–Crippen MR) is 93.6 cm³/mol. The molecule has 0 aliphatic rings. The minimum absolute atomic E-state index is 0.0481. The van der Waals surface area contributed by atoms with Gasteiger partial charge >= 0.3 is 0 Å². The second-order valence-corrected chi connectivity index (χ2v) is 6.70. The van der Waals surface area contributed by atoms with E-state index in [4.69, 9.17) is 9.47 Å². The second-order valence-electron chi connectivity index (χ2n) is 5.52. The summed E-state index contributed by atoms with van der Waals surface area (Å²) in [6.07, 6.45) is 0. The summed E-state index contributed by atoms with van der Waals surface area (Å²) in [4.78, 5) is 19.5. The van der Waals surface area contributed by atoms with E-state index in [2.05, 4.69) is 4.98 Å². The number of thiazole rings is 1. The first kappa shape index (κ1) is 17.3. The highest BCUT2D eigenvalue weighted by Gasteiger charge is 2.21. The Labute approximate surface area is 140 Å². The predicted octanol–water partition coefficient (Wildman–Crippen LogP) is 3.75. The summed E-state index contributed by atoms with van der Waals surface area (Å²) in [5, 5.41) is 0.689. The van der Waals surface area contributed by atoms with Crippen molar-refractivity contribution in [3.05, 3.63) is 23.1 Å². The third-order valence-electron chi connectivity index (χ3n) is 3.56. The van der Waals surface area contributed by atoms with Crippen molar-refractivity contribution < 1.29 is 14.3 Å². The fourth-order valence-electron chi connectivity index (χ4n) is 2.25. The molecule has 0 aliphatic carbocycles. The van der Waals surface area contributed by atoms with Gasteiger partial charge in [-0.2, -0.15) is 0 Å². The number of methoxy groups -OCH3 is 2. The Balaban J connectivity index is 2.44. The number of rotatable bonds is 5. The first-order chi connectivity index (χ1) is 10.9. The quantitative estimate of drug-likeness (QED) is 0.835. The molecule has 1 amide bonds. The summed E-state index contributed by atoms with van der Waals surface area (Å²) in [5.74, 6) is 1.41. The number of aromatic nitrogens is 1. The van der Waals surface area contributed by atoms with Gasteiger partial charge in [-0.1, -0.05) is 13.8 Å². The Morgan fingerprint density at radius 2 is 1.96 bits per heavy atom. The zero-order valence-electron chi connectivity index (χ0n) is 14.3. The Hall–Kier alpha value is -2.08. The van der Waals surface area contributed by atoms with Gasteiger partial charge in [-0.05, 0) is 19.1 Å². The molecule has 0 bridgehead atoms. The molecule has 124 valence electrons. The molecule has 0 atom stereocenters. The van der Waals surface area contributed by atoms with E-state index in [9.17, 15) is 4.79 Å². The van der Waals surface area contributed by atoms with E-state index in [0.717, 1.165) is 21.9 Å². The van der Waals surface area contributed by atoms with E-state index in [1.165, 1.54) is 11.3 Å². The average Bonchev–Trinajstić information content (AvgIpc) is 2.94. The summed E-state index contributed by atoms with van der Waals surface area (Å²) in [5.41, 5.74) is 1.71. The Bertz CT molecular complexity index is 710. The minimum Gasteiger partial charge on any atom is -0.497 e. The first-order valence-corrected chi connectivity index (χ1v) is 8.18. The number of hydrogen-bond donors (Lipinski definition) is 0. The first-order valence-electron chi connectivity index (χ1n) is 7.36. The maximum absolute atomic E-state index is 12.2. The molecule has 0 unspecified atom stereocenters. The summed E-state index contributed by atoms with van der Waals surface area (Å²) in [7, 11) is 5.00. The van der Waals surface area contributed by atoms with Crippen LogP contribution in [0.4, 0.5) is 5.13 Å². The molecule has 0 saturated heterocycles. The largest absolute Gasteiger partial charge is 0.497 e. The highest BCUT2D eigenvalue weighted by molar-refractivity contribution is 7.16. The molecule has 0 N–H and O–H groups in total. The van der Waals surface area contributed by atoms with Gasteiger partial charge in [0.1, 0.15) is 11.5 Å². The Kier molecular flexibility index (Phi) is 5.26. The molecule has 0 fully saturated rings. The summed E-state index contributed by atoms with van der Waals surface area (Å²) >= 11 is 1.50. The van der Waals surface area contributed by atoms with Crippen molar-refractivity contribution in [3.8, 4) is 22.8 Å². The summed E-state index contributed by atoms with van der Waals surface area (Å²) in [6.45, 7) is 5.76. The molecule has 0 spiro atoms. The van der Waals surface area contributed by atoms with E-state index in [0.29, 0.717) is 10.9 Å². The molecule has 0 radical (unpaired) electrons. The average molecular weight is 334 g/mol. The SMILES string of the molecule is COc1ccc(-c2nc(N(C)C(=O)C(C)C)sc2C)c(OC)c1. The molecule has 6 heteroatoms. The lowest BCUT2D eigenvalue weighted by molar-refractivity contribution is -0.121. The lowest BCUT2D eigenvalue weighted by Crippen LogP contribution is -2.30. The normalized spacial score (nSPS) is 10.7. The lowest BCUT2D eigenvalue weighted by Gasteiger charge is -2.15. The van der Waals surface area contributed by atoms with Crippen molar-refractivity contribution in [1.82, 2.24) is 4.98 Å². The maximum Gasteiger partial charge on any atom is 0.231 e. The van der Waals surface area contributed by atoms with Crippen LogP contribution >= 0.6 is 11.3 Å². The van der Waals surface area contributed by atoms with Crippen LogP contribution in [0.15, 0.2) is 18.2 Å². The molecule has 5 nitrogen and oxygen atoms in total. The number of carbonyl (C=O) groups is 1. The highest BCUT2D eigenvalue weighted by atomic mass is 32.1. The van der Waals surface area contributed by atoms with Crippen LogP contribution in [0.2, 0.25) is 0 Å². The third kappa shape index (κ3) is 3.47. The van der Waals surface area contributed by atoms with Gasteiger partial charge in [0.25, 0.3) is 0 Å². The van der Waals surface area contributed by atoms with Gasteiger partial charge < -0.3 is 9.47 Å². The number of benzene rings is 1. The van der Waals surface area contributed by atoms with E-state index in [1.807, 2.05) is 39.0 Å². The Morgan fingerprint density at radius 3 is 2.52 bits per heavy atom. The van der Waals surface area contributed by atoms with Crippen LogP contribution in [0.5, 0.6) is 11.5 Å². The van der Waals surface area contributed by atoms with Crippen molar-refractivity contribution in [2.45, 2.75) is 20.8 Å². The molecule has 0 saturated carbocycles. The number of amides is 1. The fourth-order valence-corrected chi connectivity index (χ4v) is 3.14. The summed E-state index contributed by atoms with van der Waals surface area (Å²) in [6, 6.07) is 5.63. The Morgan fingerprint density at radius 1 is 1.26 bits per heavy atom. The van der Waals surface area contributed by atoms with E-state index in [1.54, 1.807) is 26.2 Å². The number of nitrogens with zero attached hydrogens (tertiary/aromatic N) is 2. The van der Waals surface area contributed by atoms with Crippen LogP contribution < -0.4 is 14.4 Å². The third-order valence-corrected chi connectivity index (χ3v) is 4.61. The minimum atomic E-state index is -0.0665. The van der Waals surface area contributed by atoms with Crippen LogP contribution in [0, 0.1) is 12.8 Å². The van der Waals surface area contributed by atoms with Crippen LogP contribution in [-0.4, -0.2) is 32.2 Å². The highest BCUT2D eigenvalue weighted by Crippen LogP contribution is 2.38. The van der Waals surface area contributed by atoms with Crippen molar-refractivity contribution in [1.29, 1.82) is 0 Å². The van der Waals surface area contributed by atoms with Gasteiger partial charge in [0.15, 0.2) is 5.13 Å². The summed E-state index contributed by atoms with van der Waals surface area (Å²) < 4.78 is 10.7. The van der Waals surface area contributed by atoms with Gasteiger partial charge in [-0.25, -0.2) is 4.98 Å². The van der Waals surface area contributed by atoms with Gasteiger partial charge in [-0.15, -0.1) is 11.3 Å². The fraction of sp³-hybridized carbons (Fsp3) is 0.412. The van der Waals surface area contributed by atoms with Gasteiger partial charge in [0.2, 0.25) is 5.91 Å². The molecule has 23 heavy (non-hydrogen) atoms. The second kappa shape index (κ2) is 7.00. The van der Waals surface area contributed by atoms with Crippen LogP contribution in [0.3, 0.4) is 0 Å². The van der Waals surface area contributed by atoms with Crippen molar-refractivity contribution in [2.24, 2.45) is 5.92 Å². The van der Waals surface area contributed by atoms with Gasteiger partial charge in [0.05, 0.1) is 19.9 Å². The lowest BCUT2D eigenvalue weighted by atomic mass is 10.1. The number of aryl methyl sites for hydroxylation is 1. The number of anilines is 1. The monoisotopic (exact) mass is 334 g/mol. The van der Waals surface area contributed by atoms with Gasteiger partial charge in [0, 0.05) is 29.5 Å². The molecule has 2 rings (SSSR count). The number of carbonyl (C=O) groups excluding carboxylic acids is 1. The van der Waals surface area contributed by atoms with Gasteiger partial charge in [-0.3, -0.25) is 9.69 Å². The molecule has 2 aromatic rings. The van der Waals surface area contributed by atoms with Crippen LogP contribution in [0.1, 0.15) is 18.7 Å². The van der Waals surface area contributed by atoms with Crippen molar-refractivity contribution in [3.63, 3.8) is 0 Å². The van der Waals surface area contributed by atoms with Crippen molar-refractivity contribution >= 4 is 22.4 Å². The standard InChI is InChI=1S/C17H22N2O3S/c1-10(2)16(20)19(4)17-18-15(11(3)23-17)13-8-7-12(21-5)9-14(13)22-6/h7-10H,1-6H3. The van der Waals surface area contributed by atoms with Crippen molar-refractivity contribution in [2.75, 3.05) is 26.2 Å². The molecule has 1 heterocycles. The van der Waals surface area contributed by atoms with E-state index < -0.39 is 0 Å². The van der Waals surface area contributed by atoms with E-state index >= 15 is 0 Å².